The predicted molar refractivity (Wildman–Crippen MR) is 58.4 cm³/mol. The highest BCUT2D eigenvalue weighted by atomic mass is 15.4. The predicted octanol–water partition coefficient (Wildman–Crippen LogP) is -0.534. The van der Waals surface area contributed by atoms with Crippen molar-refractivity contribution in [2.24, 2.45) is 5.84 Å². The number of nitrogens with zero attached hydrogens (tertiary/aromatic N) is 5. The van der Waals surface area contributed by atoms with Gasteiger partial charge in [0.2, 0.25) is 5.95 Å². The van der Waals surface area contributed by atoms with E-state index < -0.39 is 0 Å². The van der Waals surface area contributed by atoms with Crippen LogP contribution in [-0.2, 0) is 6.54 Å². The monoisotopic (exact) mass is 220 g/mol. The molecule has 2 heterocycles. The zero-order chi connectivity index (χ0) is 11.2. The van der Waals surface area contributed by atoms with Crippen molar-refractivity contribution in [1.29, 1.82) is 0 Å². The van der Waals surface area contributed by atoms with Gasteiger partial charge in [0.05, 0.1) is 12.7 Å². The smallest absolute Gasteiger partial charge is 0.239 e. The summed E-state index contributed by atoms with van der Waals surface area (Å²) in [6.45, 7) is 1.42. The van der Waals surface area contributed by atoms with E-state index in [0.29, 0.717) is 18.3 Å². The van der Waals surface area contributed by atoms with Gasteiger partial charge < -0.3 is 5.32 Å². The highest BCUT2D eigenvalue weighted by Gasteiger charge is 1.97. The summed E-state index contributed by atoms with van der Waals surface area (Å²) in [6.07, 6.45) is 5.07. The number of anilines is 2. The van der Waals surface area contributed by atoms with Crippen LogP contribution in [0.3, 0.4) is 0 Å². The van der Waals surface area contributed by atoms with Crippen molar-refractivity contribution in [2.75, 3.05) is 17.3 Å². The van der Waals surface area contributed by atoms with E-state index in [-0.39, 0.29) is 0 Å². The summed E-state index contributed by atoms with van der Waals surface area (Å²) < 4.78 is 1.73. The molecule has 0 aliphatic carbocycles. The molecule has 0 unspecified atom stereocenters. The molecule has 0 amide bonds. The zero-order valence-corrected chi connectivity index (χ0v) is 8.54. The Hall–Kier alpha value is -2.22. The summed E-state index contributed by atoms with van der Waals surface area (Å²) in [5.74, 6) is 6.29. The fraction of sp³-hybridized carbons (Fsp3) is 0.250. The molecule has 0 saturated heterocycles. The van der Waals surface area contributed by atoms with Crippen LogP contribution in [0.4, 0.5) is 11.8 Å². The molecule has 0 saturated carbocycles. The second-order valence-corrected chi connectivity index (χ2v) is 3.00. The lowest BCUT2D eigenvalue weighted by Crippen LogP contribution is -2.14. The summed E-state index contributed by atoms with van der Waals surface area (Å²) >= 11 is 0. The minimum Gasteiger partial charge on any atom is -0.368 e. The maximum Gasteiger partial charge on any atom is 0.239 e. The molecule has 0 radical (unpaired) electrons. The number of hydrazine groups is 1. The van der Waals surface area contributed by atoms with E-state index in [0.717, 1.165) is 6.54 Å². The highest BCUT2D eigenvalue weighted by Crippen LogP contribution is 2.03. The third kappa shape index (κ3) is 2.64. The Labute approximate surface area is 91.9 Å². The summed E-state index contributed by atoms with van der Waals surface area (Å²) in [6, 6.07) is 1.77. The first-order valence-corrected chi connectivity index (χ1v) is 4.76. The fourth-order valence-corrected chi connectivity index (χ4v) is 1.18. The van der Waals surface area contributed by atoms with E-state index in [1.807, 2.05) is 0 Å². The molecule has 2 aromatic rings. The van der Waals surface area contributed by atoms with Crippen molar-refractivity contribution in [1.82, 2.24) is 25.0 Å². The molecule has 0 aromatic carbocycles. The van der Waals surface area contributed by atoms with Gasteiger partial charge in [-0.15, -0.1) is 5.10 Å². The maximum absolute atomic E-state index is 5.20. The molecule has 16 heavy (non-hydrogen) atoms. The number of nitrogens with one attached hydrogen (secondary N) is 2. The van der Waals surface area contributed by atoms with Crippen LogP contribution in [0.2, 0.25) is 0 Å². The molecule has 0 fully saturated rings. The fourth-order valence-electron chi connectivity index (χ4n) is 1.18. The average Bonchev–Trinajstić information content (AvgIpc) is 2.82. The summed E-state index contributed by atoms with van der Waals surface area (Å²) in [7, 11) is 0. The van der Waals surface area contributed by atoms with Gasteiger partial charge in [-0.2, -0.15) is 4.98 Å². The van der Waals surface area contributed by atoms with Gasteiger partial charge in [0.15, 0.2) is 0 Å². The van der Waals surface area contributed by atoms with Crippen LogP contribution < -0.4 is 16.6 Å². The molecular formula is C8H12N8. The van der Waals surface area contributed by atoms with Gasteiger partial charge in [-0.25, -0.2) is 10.8 Å². The van der Waals surface area contributed by atoms with Crippen LogP contribution in [0.5, 0.6) is 0 Å². The summed E-state index contributed by atoms with van der Waals surface area (Å²) in [4.78, 5) is 8.01. The Kier molecular flexibility index (Phi) is 3.24. The van der Waals surface area contributed by atoms with Crippen LogP contribution in [0.25, 0.3) is 0 Å². The van der Waals surface area contributed by atoms with Crippen LogP contribution in [0.15, 0.2) is 24.7 Å². The van der Waals surface area contributed by atoms with Crippen molar-refractivity contribution in [3.63, 3.8) is 0 Å². The van der Waals surface area contributed by atoms with Gasteiger partial charge in [0.1, 0.15) is 5.82 Å². The van der Waals surface area contributed by atoms with Gasteiger partial charge in [-0.05, 0) is 6.07 Å². The second kappa shape index (κ2) is 5.03. The third-order valence-corrected chi connectivity index (χ3v) is 1.90. The number of hydrogen-bond donors (Lipinski definition) is 3. The first kappa shape index (κ1) is 10.3. The Morgan fingerprint density at radius 3 is 3.06 bits per heavy atom. The molecule has 0 aliphatic heterocycles. The molecule has 4 N–H and O–H groups in total. The van der Waals surface area contributed by atoms with Gasteiger partial charge in [0, 0.05) is 18.9 Å². The number of aromatic nitrogens is 5. The number of hydrogen-bond acceptors (Lipinski definition) is 7. The van der Waals surface area contributed by atoms with Crippen molar-refractivity contribution >= 4 is 11.8 Å². The van der Waals surface area contributed by atoms with E-state index in [2.05, 4.69) is 31.0 Å². The standard InChI is InChI=1S/C8H12N8/c9-14-8-11-2-1-7(13-8)10-3-5-16-6-4-12-15-16/h1-2,4,6H,3,5,9H2,(H2,10,11,13,14). The summed E-state index contributed by atoms with van der Waals surface area (Å²) in [5, 5.41) is 10.7. The van der Waals surface area contributed by atoms with Crippen molar-refractivity contribution in [2.45, 2.75) is 6.54 Å². The Morgan fingerprint density at radius 1 is 1.38 bits per heavy atom. The molecule has 0 aliphatic rings. The molecule has 8 nitrogen and oxygen atoms in total. The minimum atomic E-state index is 0.380. The average molecular weight is 220 g/mol. The highest BCUT2D eigenvalue weighted by molar-refractivity contribution is 5.38. The molecule has 0 atom stereocenters. The number of rotatable bonds is 5. The van der Waals surface area contributed by atoms with Gasteiger partial charge in [-0.3, -0.25) is 10.1 Å². The Bertz CT molecular complexity index is 425. The second-order valence-electron chi connectivity index (χ2n) is 3.00. The molecule has 0 bridgehead atoms. The van der Waals surface area contributed by atoms with Crippen molar-refractivity contribution in [3.05, 3.63) is 24.7 Å². The lowest BCUT2D eigenvalue weighted by molar-refractivity contribution is 0.608. The van der Waals surface area contributed by atoms with E-state index in [9.17, 15) is 0 Å². The minimum absolute atomic E-state index is 0.380. The molecular weight excluding hydrogens is 208 g/mol. The molecule has 2 rings (SSSR count). The largest absolute Gasteiger partial charge is 0.368 e. The molecule has 2 aromatic heterocycles. The number of nitrogen functional groups attached to an aromatic ring is 1. The quantitative estimate of drug-likeness (QED) is 0.459. The Morgan fingerprint density at radius 2 is 2.31 bits per heavy atom. The molecule has 84 valence electrons. The topological polar surface area (TPSA) is 107 Å². The van der Waals surface area contributed by atoms with Crippen LogP contribution >= 0.6 is 0 Å². The van der Waals surface area contributed by atoms with Crippen molar-refractivity contribution < 1.29 is 0 Å². The van der Waals surface area contributed by atoms with Gasteiger partial charge in [-0.1, -0.05) is 5.21 Å². The SMILES string of the molecule is NNc1nccc(NCCn2ccnn2)n1. The van der Waals surface area contributed by atoms with Crippen LogP contribution in [0.1, 0.15) is 0 Å². The Balaban J connectivity index is 1.85. The molecule has 0 spiro atoms. The van der Waals surface area contributed by atoms with Gasteiger partial charge in [0.25, 0.3) is 0 Å². The normalized spacial score (nSPS) is 10.1. The number of nitrogens with two attached hydrogens (primary N) is 1. The van der Waals surface area contributed by atoms with E-state index in [1.54, 1.807) is 29.3 Å². The molecule has 8 heteroatoms. The van der Waals surface area contributed by atoms with Crippen molar-refractivity contribution in [3.8, 4) is 0 Å². The van der Waals surface area contributed by atoms with Crippen LogP contribution in [-0.4, -0.2) is 31.5 Å². The van der Waals surface area contributed by atoms with E-state index in [4.69, 9.17) is 5.84 Å². The van der Waals surface area contributed by atoms with Gasteiger partial charge >= 0.3 is 0 Å². The first-order valence-electron chi connectivity index (χ1n) is 4.76. The van der Waals surface area contributed by atoms with E-state index in [1.165, 1.54) is 0 Å². The zero-order valence-electron chi connectivity index (χ0n) is 8.54. The first-order chi connectivity index (χ1) is 7.88. The lowest BCUT2D eigenvalue weighted by atomic mass is 10.5. The van der Waals surface area contributed by atoms with Crippen LogP contribution in [0, 0.1) is 0 Å². The maximum atomic E-state index is 5.20. The third-order valence-electron chi connectivity index (χ3n) is 1.90. The summed E-state index contributed by atoms with van der Waals surface area (Å²) in [5.41, 5.74) is 2.38. The lowest BCUT2D eigenvalue weighted by Gasteiger charge is -2.06. The van der Waals surface area contributed by atoms with E-state index >= 15 is 0 Å².